The maximum atomic E-state index is 13.4. The summed E-state index contributed by atoms with van der Waals surface area (Å²) in [6.07, 6.45) is 1.07. The van der Waals surface area contributed by atoms with E-state index in [4.69, 9.17) is 4.74 Å². The maximum absolute atomic E-state index is 13.4. The number of hydrogen-bond acceptors (Lipinski definition) is 8. The Labute approximate surface area is 168 Å². The van der Waals surface area contributed by atoms with E-state index in [-0.39, 0.29) is 23.9 Å². The molecular weight excluding hydrogens is 400 g/mol. The van der Waals surface area contributed by atoms with Crippen LogP contribution < -0.4 is 10.6 Å². The third-order valence-corrected chi connectivity index (χ3v) is 3.85. The first-order valence-corrected chi connectivity index (χ1v) is 8.64. The number of ether oxygens (including phenoxy) is 1. The van der Waals surface area contributed by atoms with Crippen LogP contribution in [0.3, 0.4) is 0 Å². The summed E-state index contributed by atoms with van der Waals surface area (Å²) >= 11 is 0. The highest BCUT2D eigenvalue weighted by atomic mass is 19.2. The summed E-state index contributed by atoms with van der Waals surface area (Å²) < 4.78 is 31.4. The summed E-state index contributed by atoms with van der Waals surface area (Å²) in [5.41, 5.74) is 0.307. The van der Waals surface area contributed by atoms with Crippen molar-refractivity contribution in [2.75, 3.05) is 17.2 Å². The smallest absolute Gasteiger partial charge is 0.353 e. The Morgan fingerprint density at radius 2 is 1.63 bits per heavy atom. The number of nitro groups is 1. The van der Waals surface area contributed by atoms with Crippen LogP contribution in [0, 0.1) is 21.7 Å². The average Bonchev–Trinajstić information content (AvgIpc) is 2.71. The fraction of sp³-hybridized carbons (Fsp3) is 0.105. The fourth-order valence-corrected chi connectivity index (χ4v) is 2.49. The highest BCUT2D eigenvalue weighted by molar-refractivity contribution is 5.90. The van der Waals surface area contributed by atoms with Crippen molar-refractivity contribution in [1.82, 2.24) is 9.97 Å². The SMILES string of the molecule is CCOC(=O)c1ccc(Nc2ncnc(Nc3ccc(F)c(F)c3)c2[N+](=O)[O-])cc1. The van der Waals surface area contributed by atoms with Gasteiger partial charge in [0.05, 0.1) is 17.1 Å². The molecule has 0 unspecified atom stereocenters. The average molecular weight is 415 g/mol. The minimum absolute atomic E-state index is 0.0699. The zero-order chi connectivity index (χ0) is 21.7. The Balaban J connectivity index is 1.88. The first kappa shape index (κ1) is 20.6. The highest BCUT2D eigenvalue weighted by Gasteiger charge is 2.23. The Morgan fingerprint density at radius 1 is 1.03 bits per heavy atom. The molecule has 2 N–H and O–H groups in total. The van der Waals surface area contributed by atoms with Crippen LogP contribution in [0.15, 0.2) is 48.8 Å². The molecule has 11 heteroatoms. The van der Waals surface area contributed by atoms with Gasteiger partial charge in [-0.3, -0.25) is 10.1 Å². The molecule has 30 heavy (non-hydrogen) atoms. The molecule has 0 spiro atoms. The Morgan fingerprint density at radius 3 is 2.20 bits per heavy atom. The standard InChI is InChI=1S/C19H15F2N5O4/c1-2-30-19(27)11-3-5-12(6-4-11)24-17-16(26(28)29)18(23-10-22-17)25-13-7-8-14(20)15(21)9-13/h3-10H,2H2,1H3,(H2,22,23,24,25). The highest BCUT2D eigenvalue weighted by Crippen LogP contribution is 2.33. The largest absolute Gasteiger partial charge is 0.462 e. The first-order valence-electron chi connectivity index (χ1n) is 8.64. The second-order valence-corrected chi connectivity index (χ2v) is 5.85. The molecule has 0 aliphatic rings. The minimum atomic E-state index is -1.11. The number of rotatable bonds is 7. The van der Waals surface area contributed by atoms with E-state index >= 15 is 0 Å². The topological polar surface area (TPSA) is 119 Å². The molecular formula is C19H15F2N5O4. The zero-order valence-electron chi connectivity index (χ0n) is 15.6. The number of anilines is 4. The Kier molecular flexibility index (Phi) is 6.11. The van der Waals surface area contributed by atoms with E-state index in [2.05, 4.69) is 20.6 Å². The number of hydrogen-bond donors (Lipinski definition) is 2. The van der Waals surface area contributed by atoms with Crippen LogP contribution in [0.1, 0.15) is 17.3 Å². The van der Waals surface area contributed by atoms with Crippen LogP contribution in [0.25, 0.3) is 0 Å². The lowest BCUT2D eigenvalue weighted by atomic mass is 10.2. The Hall–Kier alpha value is -4.15. The molecule has 0 amide bonds. The molecule has 2 aromatic carbocycles. The third kappa shape index (κ3) is 4.63. The second-order valence-electron chi connectivity index (χ2n) is 5.85. The van der Waals surface area contributed by atoms with Gasteiger partial charge in [0.15, 0.2) is 11.6 Å². The van der Waals surface area contributed by atoms with Crippen LogP contribution >= 0.6 is 0 Å². The van der Waals surface area contributed by atoms with Crippen LogP contribution in [0.2, 0.25) is 0 Å². The van der Waals surface area contributed by atoms with Gasteiger partial charge in [-0.15, -0.1) is 0 Å². The van der Waals surface area contributed by atoms with Crippen molar-refractivity contribution in [3.05, 3.63) is 76.1 Å². The predicted molar refractivity (Wildman–Crippen MR) is 104 cm³/mol. The molecule has 0 aliphatic heterocycles. The van der Waals surface area contributed by atoms with Gasteiger partial charge < -0.3 is 15.4 Å². The van der Waals surface area contributed by atoms with Crippen molar-refractivity contribution in [2.24, 2.45) is 0 Å². The molecule has 1 heterocycles. The van der Waals surface area contributed by atoms with E-state index < -0.39 is 28.2 Å². The summed E-state index contributed by atoms with van der Waals surface area (Å²) in [6.45, 7) is 1.92. The number of nitrogens with zero attached hydrogens (tertiary/aromatic N) is 3. The third-order valence-electron chi connectivity index (χ3n) is 3.85. The molecule has 0 saturated carbocycles. The molecule has 0 saturated heterocycles. The summed E-state index contributed by atoms with van der Waals surface area (Å²) in [7, 11) is 0. The molecule has 0 fully saturated rings. The maximum Gasteiger partial charge on any atom is 0.353 e. The van der Waals surface area contributed by atoms with Gasteiger partial charge in [0.1, 0.15) is 6.33 Å². The minimum Gasteiger partial charge on any atom is -0.462 e. The van der Waals surface area contributed by atoms with Gasteiger partial charge >= 0.3 is 11.7 Å². The summed E-state index contributed by atoms with van der Waals surface area (Å²) in [5, 5.41) is 17.0. The van der Waals surface area contributed by atoms with Gasteiger partial charge in [0.2, 0.25) is 11.6 Å². The van der Waals surface area contributed by atoms with Crippen molar-refractivity contribution in [2.45, 2.75) is 6.92 Å². The summed E-state index contributed by atoms with van der Waals surface area (Å²) in [4.78, 5) is 30.3. The van der Waals surface area contributed by atoms with E-state index in [1.54, 1.807) is 6.92 Å². The van der Waals surface area contributed by atoms with Crippen molar-refractivity contribution in [1.29, 1.82) is 0 Å². The quantitative estimate of drug-likeness (QED) is 0.332. The number of esters is 1. The fourth-order valence-electron chi connectivity index (χ4n) is 2.49. The zero-order valence-corrected chi connectivity index (χ0v) is 15.6. The molecule has 1 aromatic heterocycles. The molecule has 0 atom stereocenters. The Bertz CT molecular complexity index is 1090. The molecule has 3 rings (SSSR count). The molecule has 9 nitrogen and oxygen atoms in total. The van der Waals surface area contributed by atoms with Gasteiger partial charge in [0, 0.05) is 17.4 Å². The van der Waals surface area contributed by atoms with Crippen molar-refractivity contribution >= 4 is 34.7 Å². The summed E-state index contributed by atoms with van der Waals surface area (Å²) in [5.74, 6) is -3.01. The van der Waals surface area contributed by atoms with Gasteiger partial charge in [-0.2, -0.15) is 0 Å². The number of nitrogens with one attached hydrogen (secondary N) is 2. The van der Waals surface area contributed by atoms with Gasteiger partial charge in [-0.25, -0.2) is 23.5 Å². The normalized spacial score (nSPS) is 10.4. The van der Waals surface area contributed by atoms with Crippen molar-refractivity contribution in [3.8, 4) is 0 Å². The summed E-state index contributed by atoms with van der Waals surface area (Å²) in [6, 6.07) is 8.99. The van der Waals surface area contributed by atoms with Crippen molar-refractivity contribution < 1.29 is 23.2 Å². The number of aromatic nitrogens is 2. The van der Waals surface area contributed by atoms with E-state index in [0.717, 1.165) is 18.5 Å². The van der Waals surface area contributed by atoms with Crippen molar-refractivity contribution in [3.63, 3.8) is 0 Å². The number of halogens is 2. The van der Waals surface area contributed by atoms with Gasteiger partial charge in [-0.05, 0) is 43.3 Å². The lowest BCUT2D eigenvalue weighted by molar-refractivity contribution is -0.383. The molecule has 0 aliphatic carbocycles. The molecule has 154 valence electrons. The van der Waals surface area contributed by atoms with Crippen LogP contribution in [0.5, 0.6) is 0 Å². The van der Waals surface area contributed by atoms with Gasteiger partial charge in [0.25, 0.3) is 0 Å². The molecule has 0 radical (unpaired) electrons. The van der Waals surface area contributed by atoms with Crippen LogP contribution in [-0.2, 0) is 4.74 Å². The monoisotopic (exact) mass is 415 g/mol. The predicted octanol–water partition coefficient (Wildman–Crippen LogP) is 4.33. The lowest BCUT2D eigenvalue weighted by Crippen LogP contribution is -2.06. The van der Waals surface area contributed by atoms with E-state index in [0.29, 0.717) is 11.3 Å². The number of carbonyl (C=O) groups is 1. The van der Waals surface area contributed by atoms with Gasteiger partial charge in [-0.1, -0.05) is 0 Å². The van der Waals surface area contributed by atoms with Crippen LogP contribution in [-0.4, -0.2) is 27.5 Å². The van der Waals surface area contributed by atoms with E-state index in [1.807, 2.05) is 0 Å². The lowest BCUT2D eigenvalue weighted by Gasteiger charge is -2.10. The van der Waals surface area contributed by atoms with Crippen LogP contribution in [0.4, 0.5) is 37.5 Å². The second kappa shape index (κ2) is 8.90. The number of benzene rings is 2. The van der Waals surface area contributed by atoms with E-state index in [1.165, 1.54) is 30.3 Å². The molecule has 3 aromatic rings. The van der Waals surface area contributed by atoms with E-state index in [9.17, 15) is 23.7 Å². The number of carbonyl (C=O) groups excluding carboxylic acids is 1. The first-order chi connectivity index (χ1) is 14.4. The molecule has 0 bridgehead atoms.